The van der Waals surface area contributed by atoms with E-state index in [1.165, 1.54) is 17.3 Å². The van der Waals surface area contributed by atoms with E-state index in [0.29, 0.717) is 37.3 Å². The summed E-state index contributed by atoms with van der Waals surface area (Å²) in [6.45, 7) is 2.75. The Kier molecular flexibility index (Phi) is 7.84. The van der Waals surface area contributed by atoms with Crippen molar-refractivity contribution in [3.05, 3.63) is 97.9 Å². The van der Waals surface area contributed by atoms with E-state index < -0.39 is 0 Å². The normalized spacial score (nSPS) is 14.7. The van der Waals surface area contributed by atoms with Crippen molar-refractivity contribution in [2.45, 2.75) is 20.1 Å². The Morgan fingerprint density at radius 1 is 1.03 bits per heavy atom. The molecule has 1 aliphatic rings. The molecule has 1 fully saturated rings. The quantitative estimate of drug-likeness (QED) is 0.237. The molecular weight excluding hydrogens is 509 g/mol. The fraction of sp³-hybridized carbons (Fsp3) is 0.154. The van der Waals surface area contributed by atoms with Gasteiger partial charge >= 0.3 is 0 Å². The monoisotopic (exact) mass is 529 g/mol. The molecule has 3 aromatic rings. The molecule has 0 aromatic heterocycles. The van der Waals surface area contributed by atoms with E-state index in [9.17, 15) is 4.79 Å². The molecule has 0 N–H and O–H groups in total. The van der Waals surface area contributed by atoms with Crippen LogP contribution in [0.2, 0.25) is 10.0 Å². The molecule has 0 aliphatic carbocycles. The zero-order chi connectivity index (χ0) is 24.2. The molecule has 34 heavy (non-hydrogen) atoms. The first-order valence-electron chi connectivity index (χ1n) is 10.4. The van der Waals surface area contributed by atoms with Gasteiger partial charge in [0.25, 0.3) is 5.91 Å². The molecule has 8 heteroatoms. The van der Waals surface area contributed by atoms with Gasteiger partial charge < -0.3 is 9.47 Å². The Balaban J connectivity index is 1.48. The van der Waals surface area contributed by atoms with Gasteiger partial charge in [0, 0.05) is 15.6 Å². The number of halogens is 2. The summed E-state index contributed by atoms with van der Waals surface area (Å²) in [4.78, 5) is 15.2. The molecule has 1 amide bonds. The van der Waals surface area contributed by atoms with Gasteiger partial charge in [0.15, 0.2) is 11.5 Å². The maximum Gasteiger partial charge on any atom is 0.266 e. The standard InChI is InChI=1S/C26H21Cl2NO3S2/c1-16-3-5-17(6-4-16)14-29-25(30)24(34-26(29)33)12-18-7-10-22(23(11-18)31-2)32-15-19-8-9-20(27)13-21(19)28/h3-13H,14-15H2,1-2H3/b24-12-. The van der Waals surface area contributed by atoms with Crippen molar-refractivity contribution >= 4 is 63.5 Å². The van der Waals surface area contributed by atoms with Gasteiger partial charge in [-0.1, -0.05) is 89.1 Å². The topological polar surface area (TPSA) is 38.8 Å². The molecular formula is C26H21Cl2NO3S2. The third-order valence-electron chi connectivity index (χ3n) is 5.22. The molecule has 0 bridgehead atoms. The Bertz CT molecular complexity index is 1280. The number of rotatable bonds is 7. The average Bonchev–Trinajstić information content (AvgIpc) is 3.07. The molecule has 4 rings (SSSR count). The largest absolute Gasteiger partial charge is 0.493 e. The maximum atomic E-state index is 13.0. The minimum Gasteiger partial charge on any atom is -0.493 e. The highest BCUT2D eigenvalue weighted by atomic mass is 35.5. The lowest BCUT2D eigenvalue weighted by Crippen LogP contribution is -2.27. The van der Waals surface area contributed by atoms with E-state index in [2.05, 4.69) is 0 Å². The zero-order valence-electron chi connectivity index (χ0n) is 18.5. The van der Waals surface area contributed by atoms with Crippen molar-refractivity contribution in [3.8, 4) is 11.5 Å². The summed E-state index contributed by atoms with van der Waals surface area (Å²) in [6, 6.07) is 18.8. The van der Waals surface area contributed by atoms with Crippen LogP contribution >= 0.6 is 47.2 Å². The molecule has 1 heterocycles. The summed E-state index contributed by atoms with van der Waals surface area (Å²) in [5.74, 6) is 1.01. The number of aryl methyl sites for hydroxylation is 1. The Morgan fingerprint density at radius 3 is 2.50 bits per heavy atom. The van der Waals surface area contributed by atoms with Gasteiger partial charge in [-0.2, -0.15) is 0 Å². The molecule has 4 nitrogen and oxygen atoms in total. The van der Waals surface area contributed by atoms with Crippen LogP contribution in [0, 0.1) is 6.92 Å². The van der Waals surface area contributed by atoms with Crippen LogP contribution in [0.4, 0.5) is 0 Å². The van der Waals surface area contributed by atoms with Crippen LogP contribution in [-0.4, -0.2) is 22.2 Å². The van der Waals surface area contributed by atoms with Gasteiger partial charge in [-0.3, -0.25) is 9.69 Å². The second-order valence-corrected chi connectivity index (χ2v) is 10.2. The molecule has 0 spiro atoms. The summed E-state index contributed by atoms with van der Waals surface area (Å²) in [6.07, 6.45) is 1.82. The van der Waals surface area contributed by atoms with Crippen LogP contribution in [-0.2, 0) is 17.9 Å². The van der Waals surface area contributed by atoms with Crippen LogP contribution in [0.25, 0.3) is 6.08 Å². The molecule has 0 radical (unpaired) electrons. The number of ether oxygens (including phenoxy) is 2. The number of hydrogen-bond donors (Lipinski definition) is 0. The maximum absolute atomic E-state index is 13.0. The number of hydrogen-bond acceptors (Lipinski definition) is 5. The second-order valence-electron chi connectivity index (χ2n) is 7.69. The first kappa shape index (κ1) is 24.6. The second kappa shape index (κ2) is 10.8. The Hall–Kier alpha value is -2.51. The fourth-order valence-electron chi connectivity index (χ4n) is 3.35. The predicted molar refractivity (Wildman–Crippen MR) is 144 cm³/mol. The molecule has 1 aliphatic heterocycles. The lowest BCUT2D eigenvalue weighted by atomic mass is 10.1. The van der Waals surface area contributed by atoms with E-state index in [1.54, 1.807) is 24.1 Å². The van der Waals surface area contributed by atoms with E-state index in [1.807, 2.05) is 61.5 Å². The van der Waals surface area contributed by atoms with Crippen LogP contribution in [0.1, 0.15) is 22.3 Å². The van der Waals surface area contributed by atoms with Crippen LogP contribution in [0.5, 0.6) is 11.5 Å². The van der Waals surface area contributed by atoms with Gasteiger partial charge in [-0.05, 0) is 48.4 Å². The SMILES string of the molecule is COc1cc(/C=C2\SC(=S)N(Cc3ccc(C)cc3)C2=O)ccc1OCc1ccc(Cl)cc1Cl. The Morgan fingerprint density at radius 2 is 1.79 bits per heavy atom. The van der Waals surface area contributed by atoms with Gasteiger partial charge in [-0.15, -0.1) is 0 Å². The summed E-state index contributed by atoms with van der Waals surface area (Å²) in [5, 5.41) is 1.11. The number of benzene rings is 3. The molecule has 0 atom stereocenters. The number of nitrogens with zero attached hydrogens (tertiary/aromatic N) is 1. The van der Waals surface area contributed by atoms with E-state index in [-0.39, 0.29) is 12.5 Å². The molecule has 0 unspecified atom stereocenters. The van der Waals surface area contributed by atoms with Gasteiger partial charge in [-0.25, -0.2) is 0 Å². The first-order valence-corrected chi connectivity index (χ1v) is 12.4. The number of methoxy groups -OCH3 is 1. The number of carbonyl (C=O) groups excluding carboxylic acids is 1. The van der Waals surface area contributed by atoms with Gasteiger partial charge in [0.05, 0.1) is 18.6 Å². The summed E-state index contributed by atoms with van der Waals surface area (Å²) >= 11 is 19.0. The van der Waals surface area contributed by atoms with Crippen molar-refractivity contribution in [2.24, 2.45) is 0 Å². The van der Waals surface area contributed by atoms with Crippen molar-refractivity contribution in [2.75, 3.05) is 7.11 Å². The van der Waals surface area contributed by atoms with Crippen LogP contribution in [0.15, 0.2) is 65.6 Å². The summed E-state index contributed by atoms with van der Waals surface area (Å²) in [7, 11) is 1.57. The highest BCUT2D eigenvalue weighted by molar-refractivity contribution is 8.26. The number of amides is 1. The first-order chi connectivity index (χ1) is 16.3. The third-order valence-corrected chi connectivity index (χ3v) is 7.18. The lowest BCUT2D eigenvalue weighted by Gasteiger charge is -2.14. The minimum absolute atomic E-state index is 0.104. The molecule has 1 saturated heterocycles. The Labute approximate surface area is 218 Å². The zero-order valence-corrected chi connectivity index (χ0v) is 21.7. The average molecular weight is 530 g/mol. The summed E-state index contributed by atoms with van der Waals surface area (Å²) < 4.78 is 12.0. The van der Waals surface area contributed by atoms with Crippen molar-refractivity contribution in [1.29, 1.82) is 0 Å². The number of thiocarbonyl (C=S) groups is 1. The minimum atomic E-state index is -0.104. The predicted octanol–water partition coefficient (Wildman–Crippen LogP) is 7.29. The van der Waals surface area contributed by atoms with Crippen molar-refractivity contribution < 1.29 is 14.3 Å². The smallest absolute Gasteiger partial charge is 0.266 e. The van der Waals surface area contributed by atoms with Crippen LogP contribution in [0.3, 0.4) is 0 Å². The number of thioether (sulfide) groups is 1. The van der Waals surface area contributed by atoms with Crippen LogP contribution < -0.4 is 9.47 Å². The van der Waals surface area contributed by atoms with Gasteiger partial charge in [0.1, 0.15) is 10.9 Å². The van der Waals surface area contributed by atoms with Crippen molar-refractivity contribution in [1.82, 2.24) is 4.90 Å². The molecule has 174 valence electrons. The third kappa shape index (κ3) is 5.76. The van der Waals surface area contributed by atoms with E-state index in [4.69, 9.17) is 44.9 Å². The lowest BCUT2D eigenvalue weighted by molar-refractivity contribution is -0.122. The van der Waals surface area contributed by atoms with Gasteiger partial charge in [0.2, 0.25) is 0 Å². The van der Waals surface area contributed by atoms with E-state index in [0.717, 1.165) is 16.7 Å². The molecule has 3 aromatic carbocycles. The fourth-order valence-corrected chi connectivity index (χ4v) is 5.07. The highest BCUT2D eigenvalue weighted by Gasteiger charge is 2.32. The summed E-state index contributed by atoms with van der Waals surface area (Å²) in [5.41, 5.74) is 3.83. The molecule has 0 saturated carbocycles. The van der Waals surface area contributed by atoms with E-state index >= 15 is 0 Å². The van der Waals surface area contributed by atoms with Crippen molar-refractivity contribution in [3.63, 3.8) is 0 Å². The highest BCUT2D eigenvalue weighted by Crippen LogP contribution is 2.36. The number of carbonyl (C=O) groups is 1.